The van der Waals surface area contributed by atoms with Gasteiger partial charge in [-0.15, -0.1) is 0 Å². The summed E-state index contributed by atoms with van der Waals surface area (Å²) in [7, 11) is 2.98. The molecule has 0 spiro atoms. The summed E-state index contributed by atoms with van der Waals surface area (Å²) in [4.78, 5) is 12.5. The van der Waals surface area contributed by atoms with Crippen molar-refractivity contribution < 1.29 is 18.7 Å². The molecule has 0 radical (unpaired) electrons. The maximum Gasteiger partial charge on any atom is 0.194 e. The lowest BCUT2D eigenvalue weighted by Crippen LogP contribution is -2.05. The van der Waals surface area contributed by atoms with E-state index >= 15 is 0 Å². The van der Waals surface area contributed by atoms with Crippen molar-refractivity contribution in [1.82, 2.24) is 0 Å². The number of ketones is 1. The van der Waals surface area contributed by atoms with Crippen LogP contribution in [0.1, 0.15) is 15.9 Å². The minimum absolute atomic E-state index is 0.00192. The van der Waals surface area contributed by atoms with Gasteiger partial charge >= 0.3 is 0 Å². The predicted molar refractivity (Wildman–Crippen MR) is 81.5 cm³/mol. The van der Waals surface area contributed by atoms with Gasteiger partial charge < -0.3 is 15.2 Å². The molecular formula is C15H13BrFNO3. The molecule has 0 aliphatic rings. The molecule has 4 nitrogen and oxygen atoms in total. The number of methoxy groups -OCH3 is 2. The van der Waals surface area contributed by atoms with Gasteiger partial charge in [0.1, 0.15) is 5.82 Å². The largest absolute Gasteiger partial charge is 0.493 e. The Morgan fingerprint density at radius 2 is 1.76 bits per heavy atom. The van der Waals surface area contributed by atoms with Gasteiger partial charge in [-0.25, -0.2) is 4.39 Å². The summed E-state index contributed by atoms with van der Waals surface area (Å²) >= 11 is 3.31. The highest BCUT2D eigenvalue weighted by molar-refractivity contribution is 9.10. The van der Waals surface area contributed by atoms with Gasteiger partial charge in [-0.1, -0.05) is 0 Å². The van der Waals surface area contributed by atoms with Crippen LogP contribution in [0.3, 0.4) is 0 Å². The van der Waals surface area contributed by atoms with Gasteiger partial charge in [0.2, 0.25) is 0 Å². The van der Waals surface area contributed by atoms with E-state index in [9.17, 15) is 9.18 Å². The van der Waals surface area contributed by atoms with E-state index in [1.165, 1.54) is 26.4 Å². The van der Waals surface area contributed by atoms with Crippen molar-refractivity contribution in [2.75, 3.05) is 20.0 Å². The van der Waals surface area contributed by atoms with E-state index in [1.54, 1.807) is 12.1 Å². The topological polar surface area (TPSA) is 61.5 Å². The Balaban J connectivity index is 2.50. The lowest BCUT2D eigenvalue weighted by molar-refractivity contribution is 0.103. The molecule has 0 atom stereocenters. The molecule has 2 N–H and O–H groups in total. The number of ether oxygens (including phenoxy) is 2. The summed E-state index contributed by atoms with van der Waals surface area (Å²) in [5.74, 6) is -0.0662. The van der Waals surface area contributed by atoms with E-state index in [4.69, 9.17) is 15.2 Å². The Hall–Kier alpha value is -2.08. The maximum absolute atomic E-state index is 13.5. The summed E-state index contributed by atoms with van der Waals surface area (Å²) in [5, 5.41) is 0. The van der Waals surface area contributed by atoms with Crippen LogP contribution in [0.5, 0.6) is 11.5 Å². The van der Waals surface area contributed by atoms with Crippen LogP contribution in [-0.4, -0.2) is 20.0 Å². The van der Waals surface area contributed by atoms with Gasteiger partial charge in [-0.2, -0.15) is 0 Å². The normalized spacial score (nSPS) is 10.3. The number of carbonyl (C=O) groups is 1. The molecule has 0 aliphatic heterocycles. The molecule has 0 unspecified atom stereocenters. The molecule has 0 aromatic heterocycles. The van der Waals surface area contributed by atoms with Gasteiger partial charge in [-0.3, -0.25) is 4.79 Å². The fourth-order valence-corrected chi connectivity index (χ4v) is 2.35. The molecular weight excluding hydrogens is 341 g/mol. The van der Waals surface area contributed by atoms with Gasteiger partial charge in [0.25, 0.3) is 0 Å². The highest BCUT2D eigenvalue weighted by Crippen LogP contribution is 2.34. The number of hydrogen-bond donors (Lipinski definition) is 1. The van der Waals surface area contributed by atoms with Crippen LogP contribution in [-0.2, 0) is 0 Å². The second-order valence-corrected chi connectivity index (χ2v) is 5.11. The quantitative estimate of drug-likeness (QED) is 0.675. The number of benzene rings is 2. The van der Waals surface area contributed by atoms with Crippen LogP contribution in [0, 0.1) is 5.82 Å². The number of anilines is 1. The van der Waals surface area contributed by atoms with Crippen molar-refractivity contribution >= 4 is 27.4 Å². The molecule has 110 valence electrons. The Labute approximate surface area is 129 Å². The monoisotopic (exact) mass is 353 g/mol. The first-order chi connectivity index (χ1) is 9.97. The molecule has 0 fully saturated rings. The van der Waals surface area contributed by atoms with Crippen LogP contribution in [0.25, 0.3) is 0 Å². The minimum Gasteiger partial charge on any atom is -0.493 e. The third-order valence-electron chi connectivity index (χ3n) is 2.98. The smallest absolute Gasteiger partial charge is 0.194 e. The third kappa shape index (κ3) is 3.00. The Morgan fingerprint density at radius 3 is 2.33 bits per heavy atom. The standard InChI is InChI=1S/C15H13BrFNO3/c1-20-13-6-9(10(16)7-14(13)21-2)15(19)8-3-4-12(18)11(17)5-8/h3-7H,18H2,1-2H3. The summed E-state index contributed by atoms with van der Waals surface area (Å²) in [6.07, 6.45) is 0. The van der Waals surface area contributed by atoms with E-state index in [1.807, 2.05) is 0 Å². The van der Waals surface area contributed by atoms with Gasteiger partial charge in [0.15, 0.2) is 17.3 Å². The van der Waals surface area contributed by atoms with E-state index in [0.717, 1.165) is 6.07 Å². The van der Waals surface area contributed by atoms with Crippen molar-refractivity contribution in [3.63, 3.8) is 0 Å². The van der Waals surface area contributed by atoms with Crippen molar-refractivity contribution in [2.45, 2.75) is 0 Å². The Bertz CT molecular complexity index is 704. The average molecular weight is 354 g/mol. The maximum atomic E-state index is 13.5. The number of nitrogens with two attached hydrogens (primary N) is 1. The molecule has 0 amide bonds. The minimum atomic E-state index is -0.627. The summed E-state index contributed by atoms with van der Waals surface area (Å²) in [6, 6.07) is 7.11. The number of rotatable bonds is 4. The molecule has 6 heteroatoms. The van der Waals surface area contributed by atoms with Gasteiger partial charge in [0.05, 0.1) is 19.9 Å². The van der Waals surface area contributed by atoms with Gasteiger partial charge in [0, 0.05) is 15.6 Å². The van der Waals surface area contributed by atoms with Crippen LogP contribution in [0.15, 0.2) is 34.8 Å². The van der Waals surface area contributed by atoms with Crippen LogP contribution in [0.2, 0.25) is 0 Å². The molecule has 2 rings (SSSR count). The summed E-state index contributed by atoms with van der Waals surface area (Å²) in [6.45, 7) is 0. The first-order valence-corrected chi connectivity index (χ1v) is 6.78. The lowest BCUT2D eigenvalue weighted by atomic mass is 10.0. The fraction of sp³-hybridized carbons (Fsp3) is 0.133. The number of hydrogen-bond acceptors (Lipinski definition) is 4. The molecule has 2 aromatic rings. The molecule has 21 heavy (non-hydrogen) atoms. The fourth-order valence-electron chi connectivity index (χ4n) is 1.85. The third-order valence-corrected chi connectivity index (χ3v) is 3.64. The van der Waals surface area contributed by atoms with E-state index in [2.05, 4.69) is 15.9 Å². The first-order valence-electron chi connectivity index (χ1n) is 5.99. The van der Waals surface area contributed by atoms with E-state index < -0.39 is 5.82 Å². The highest BCUT2D eigenvalue weighted by atomic mass is 79.9. The molecule has 0 saturated carbocycles. The second kappa shape index (κ2) is 6.13. The first kappa shape index (κ1) is 15.3. The number of halogens is 2. The molecule has 0 bridgehead atoms. The SMILES string of the molecule is COc1cc(Br)c(C(=O)c2ccc(N)c(F)c2)cc1OC. The van der Waals surface area contributed by atoms with Crippen LogP contribution < -0.4 is 15.2 Å². The summed E-state index contributed by atoms with van der Waals surface area (Å²) < 4.78 is 24.3. The number of nitrogen functional groups attached to an aromatic ring is 1. The van der Waals surface area contributed by atoms with Crippen LogP contribution in [0.4, 0.5) is 10.1 Å². The van der Waals surface area contributed by atoms with E-state index in [0.29, 0.717) is 21.5 Å². The van der Waals surface area contributed by atoms with Crippen molar-refractivity contribution in [2.24, 2.45) is 0 Å². The van der Waals surface area contributed by atoms with Crippen molar-refractivity contribution in [3.05, 3.63) is 51.7 Å². The molecule has 0 heterocycles. The van der Waals surface area contributed by atoms with E-state index in [-0.39, 0.29) is 17.0 Å². The lowest BCUT2D eigenvalue weighted by Gasteiger charge is -2.11. The average Bonchev–Trinajstić information content (AvgIpc) is 2.49. The zero-order valence-electron chi connectivity index (χ0n) is 11.4. The molecule has 0 aliphatic carbocycles. The molecule has 2 aromatic carbocycles. The van der Waals surface area contributed by atoms with Crippen LogP contribution >= 0.6 is 15.9 Å². The second-order valence-electron chi connectivity index (χ2n) is 4.25. The predicted octanol–water partition coefficient (Wildman–Crippen LogP) is 3.42. The zero-order valence-corrected chi connectivity index (χ0v) is 13.0. The van der Waals surface area contributed by atoms with Crippen molar-refractivity contribution in [3.8, 4) is 11.5 Å². The highest BCUT2D eigenvalue weighted by Gasteiger charge is 2.18. The summed E-state index contributed by atoms with van der Waals surface area (Å²) in [5.41, 5.74) is 5.95. The zero-order chi connectivity index (χ0) is 15.6. The van der Waals surface area contributed by atoms with Crippen molar-refractivity contribution in [1.29, 1.82) is 0 Å². The van der Waals surface area contributed by atoms with Gasteiger partial charge in [-0.05, 0) is 46.3 Å². The molecule has 0 saturated heterocycles. The Morgan fingerprint density at radius 1 is 1.14 bits per heavy atom. The Kier molecular flexibility index (Phi) is 4.47. The number of carbonyl (C=O) groups excluding carboxylic acids is 1.